The van der Waals surface area contributed by atoms with E-state index in [-0.39, 0.29) is 5.91 Å². The molecule has 0 bridgehead atoms. The van der Waals surface area contributed by atoms with Gasteiger partial charge in [0, 0.05) is 21.7 Å². The van der Waals surface area contributed by atoms with Gasteiger partial charge >= 0.3 is 0 Å². The van der Waals surface area contributed by atoms with Crippen molar-refractivity contribution in [3.63, 3.8) is 0 Å². The zero-order valence-corrected chi connectivity index (χ0v) is 14.7. The van der Waals surface area contributed by atoms with Gasteiger partial charge in [0.1, 0.15) is 6.07 Å². The van der Waals surface area contributed by atoms with E-state index in [0.29, 0.717) is 27.4 Å². The van der Waals surface area contributed by atoms with Gasteiger partial charge in [0.25, 0.3) is 5.91 Å². The van der Waals surface area contributed by atoms with E-state index in [1.54, 1.807) is 42.5 Å². The largest absolute Gasteiger partial charge is 0.324 e. The number of carbonyl (C=O) groups excluding carboxylic acids is 1. The number of rotatable bonds is 3. The average Bonchev–Trinajstić information content (AvgIpc) is 2.54. The standard InChI is InChI=1S/C20H19ClN2O/c1-20(2,3)18(23-19(24)14-8-5-4-6-9-14)17(13-22)15-10-7-11-16(21)12-15/h4-12H,1-3H3,(H,23,24)/b18-17-. The molecule has 0 aliphatic carbocycles. The summed E-state index contributed by atoms with van der Waals surface area (Å²) in [4.78, 5) is 12.5. The van der Waals surface area contributed by atoms with Gasteiger partial charge in [-0.2, -0.15) is 5.26 Å². The van der Waals surface area contributed by atoms with Crippen LogP contribution in [0.15, 0.2) is 60.3 Å². The Kier molecular flexibility index (Phi) is 5.43. The van der Waals surface area contributed by atoms with Crippen molar-refractivity contribution in [1.82, 2.24) is 5.32 Å². The van der Waals surface area contributed by atoms with Gasteiger partial charge in [-0.1, -0.05) is 62.7 Å². The molecule has 24 heavy (non-hydrogen) atoms. The van der Waals surface area contributed by atoms with E-state index >= 15 is 0 Å². The zero-order chi connectivity index (χ0) is 17.7. The summed E-state index contributed by atoms with van der Waals surface area (Å²) in [5.74, 6) is -0.240. The van der Waals surface area contributed by atoms with Crippen molar-refractivity contribution in [2.45, 2.75) is 20.8 Å². The highest BCUT2D eigenvalue weighted by Gasteiger charge is 2.25. The molecule has 0 aliphatic heterocycles. The van der Waals surface area contributed by atoms with Crippen LogP contribution in [0.3, 0.4) is 0 Å². The third-order valence-electron chi connectivity index (χ3n) is 3.50. The SMILES string of the molecule is CC(C)(C)/C(NC(=O)c1ccccc1)=C(\C#N)c1cccc(Cl)c1. The second-order valence-electron chi connectivity index (χ2n) is 6.44. The highest BCUT2D eigenvalue weighted by molar-refractivity contribution is 6.30. The summed E-state index contributed by atoms with van der Waals surface area (Å²) in [5, 5.41) is 13.1. The Morgan fingerprint density at radius 1 is 1.04 bits per heavy atom. The normalized spacial score (nSPS) is 12.1. The third kappa shape index (κ3) is 4.24. The minimum Gasteiger partial charge on any atom is -0.324 e. The Morgan fingerprint density at radius 2 is 1.67 bits per heavy atom. The van der Waals surface area contributed by atoms with Gasteiger partial charge in [-0.3, -0.25) is 4.79 Å². The van der Waals surface area contributed by atoms with Crippen molar-refractivity contribution in [2.24, 2.45) is 5.41 Å². The molecule has 0 spiro atoms. The molecule has 122 valence electrons. The van der Waals surface area contributed by atoms with E-state index in [1.165, 1.54) is 0 Å². The predicted molar refractivity (Wildman–Crippen MR) is 97.3 cm³/mol. The predicted octanol–water partition coefficient (Wildman–Crippen LogP) is 5.05. The first kappa shape index (κ1) is 17.8. The van der Waals surface area contributed by atoms with E-state index in [0.717, 1.165) is 0 Å². The summed E-state index contributed by atoms with van der Waals surface area (Å²) < 4.78 is 0. The number of nitrogens with zero attached hydrogens (tertiary/aromatic N) is 1. The second kappa shape index (κ2) is 7.33. The van der Waals surface area contributed by atoms with Crippen LogP contribution in [0.5, 0.6) is 0 Å². The van der Waals surface area contributed by atoms with Crippen LogP contribution in [0.25, 0.3) is 5.57 Å². The number of carbonyl (C=O) groups is 1. The summed E-state index contributed by atoms with van der Waals surface area (Å²) in [6.45, 7) is 5.86. The Morgan fingerprint density at radius 3 is 2.21 bits per heavy atom. The smallest absolute Gasteiger partial charge is 0.255 e. The molecule has 2 rings (SSSR count). The zero-order valence-electron chi connectivity index (χ0n) is 13.9. The summed E-state index contributed by atoms with van der Waals surface area (Å²) in [5.41, 5.74) is 1.79. The Labute approximate surface area is 147 Å². The number of hydrogen-bond acceptors (Lipinski definition) is 2. The number of hydrogen-bond donors (Lipinski definition) is 1. The molecule has 0 aliphatic rings. The third-order valence-corrected chi connectivity index (χ3v) is 3.73. The number of halogens is 1. The van der Waals surface area contributed by atoms with Crippen molar-refractivity contribution in [1.29, 1.82) is 5.26 Å². The lowest BCUT2D eigenvalue weighted by molar-refractivity contribution is 0.0958. The van der Waals surface area contributed by atoms with E-state index in [9.17, 15) is 10.1 Å². The quantitative estimate of drug-likeness (QED) is 0.796. The summed E-state index contributed by atoms with van der Waals surface area (Å²) in [7, 11) is 0. The van der Waals surface area contributed by atoms with Crippen molar-refractivity contribution in [3.8, 4) is 6.07 Å². The molecule has 0 unspecified atom stereocenters. The van der Waals surface area contributed by atoms with Gasteiger partial charge in [-0.25, -0.2) is 0 Å². The second-order valence-corrected chi connectivity index (χ2v) is 6.88. The molecule has 0 radical (unpaired) electrons. The van der Waals surface area contributed by atoms with Gasteiger partial charge in [-0.05, 0) is 29.8 Å². The van der Waals surface area contributed by atoms with Crippen LogP contribution in [0, 0.1) is 16.7 Å². The fourth-order valence-corrected chi connectivity index (χ4v) is 2.50. The van der Waals surface area contributed by atoms with Gasteiger partial charge in [-0.15, -0.1) is 0 Å². The monoisotopic (exact) mass is 338 g/mol. The van der Waals surface area contributed by atoms with Crippen LogP contribution >= 0.6 is 11.6 Å². The maximum absolute atomic E-state index is 12.5. The molecule has 3 nitrogen and oxygen atoms in total. The van der Waals surface area contributed by atoms with Crippen LogP contribution in [0.2, 0.25) is 5.02 Å². The fourth-order valence-electron chi connectivity index (χ4n) is 2.31. The fraction of sp³-hybridized carbons (Fsp3) is 0.200. The number of nitrogens with one attached hydrogen (secondary N) is 1. The highest BCUT2D eigenvalue weighted by Crippen LogP contribution is 2.31. The molecule has 0 saturated carbocycles. The molecule has 2 aromatic rings. The van der Waals surface area contributed by atoms with Crippen molar-refractivity contribution in [3.05, 3.63) is 76.4 Å². The van der Waals surface area contributed by atoms with Crippen LogP contribution in [0.1, 0.15) is 36.7 Å². The number of nitriles is 1. The molecule has 2 aromatic carbocycles. The molecule has 0 fully saturated rings. The van der Waals surface area contributed by atoms with E-state index in [2.05, 4.69) is 11.4 Å². The van der Waals surface area contributed by atoms with Crippen molar-refractivity contribution in [2.75, 3.05) is 0 Å². The van der Waals surface area contributed by atoms with Gasteiger partial charge in [0.15, 0.2) is 0 Å². The first-order valence-corrected chi connectivity index (χ1v) is 7.98. The molecular formula is C20H19ClN2O. The maximum Gasteiger partial charge on any atom is 0.255 e. The van der Waals surface area contributed by atoms with Gasteiger partial charge in [0.2, 0.25) is 0 Å². The van der Waals surface area contributed by atoms with Crippen LogP contribution in [-0.4, -0.2) is 5.91 Å². The average molecular weight is 339 g/mol. The molecule has 0 heterocycles. The lowest BCUT2D eigenvalue weighted by Gasteiger charge is -2.25. The first-order valence-electron chi connectivity index (χ1n) is 7.60. The molecule has 1 N–H and O–H groups in total. The van der Waals surface area contributed by atoms with Crippen LogP contribution in [-0.2, 0) is 0 Å². The van der Waals surface area contributed by atoms with E-state index < -0.39 is 5.41 Å². The Hall–Kier alpha value is -2.57. The van der Waals surface area contributed by atoms with Gasteiger partial charge < -0.3 is 5.32 Å². The lowest BCUT2D eigenvalue weighted by Crippen LogP contribution is -2.31. The summed E-state index contributed by atoms with van der Waals surface area (Å²) in [6.07, 6.45) is 0. The number of benzene rings is 2. The molecule has 0 atom stereocenters. The Balaban J connectivity index is 2.51. The number of allylic oxidation sites excluding steroid dienone is 2. The topological polar surface area (TPSA) is 52.9 Å². The van der Waals surface area contributed by atoms with E-state index in [4.69, 9.17) is 11.6 Å². The maximum atomic E-state index is 12.5. The first-order chi connectivity index (χ1) is 11.3. The molecule has 1 amide bonds. The van der Waals surface area contributed by atoms with Crippen LogP contribution < -0.4 is 5.32 Å². The molecule has 0 saturated heterocycles. The van der Waals surface area contributed by atoms with Crippen molar-refractivity contribution < 1.29 is 4.79 Å². The van der Waals surface area contributed by atoms with Crippen molar-refractivity contribution >= 4 is 23.1 Å². The summed E-state index contributed by atoms with van der Waals surface area (Å²) in [6, 6.07) is 18.2. The molecule has 0 aromatic heterocycles. The van der Waals surface area contributed by atoms with Gasteiger partial charge in [0.05, 0.1) is 5.57 Å². The lowest BCUT2D eigenvalue weighted by atomic mass is 9.86. The molecular weight excluding hydrogens is 320 g/mol. The summed E-state index contributed by atoms with van der Waals surface area (Å²) >= 11 is 6.05. The minimum atomic E-state index is -0.419. The van der Waals surface area contributed by atoms with E-state index in [1.807, 2.05) is 32.9 Å². The van der Waals surface area contributed by atoms with Crippen LogP contribution in [0.4, 0.5) is 0 Å². The Bertz CT molecular complexity index is 812. The molecule has 4 heteroatoms. The highest BCUT2D eigenvalue weighted by atomic mass is 35.5. The minimum absolute atomic E-state index is 0.240. The number of amides is 1.